The Morgan fingerprint density at radius 3 is 2.33 bits per heavy atom. The molecule has 0 aromatic heterocycles. The lowest BCUT2D eigenvalue weighted by molar-refractivity contribution is -0.402. The predicted octanol–water partition coefficient (Wildman–Crippen LogP) is 2.48. The van der Waals surface area contributed by atoms with Crippen LogP contribution in [0.1, 0.15) is 15.9 Å². The van der Waals surface area contributed by atoms with Gasteiger partial charge in [0.1, 0.15) is 5.82 Å². The van der Waals surface area contributed by atoms with Gasteiger partial charge in [0.05, 0.1) is 26.4 Å². The molecule has 2 rings (SSSR count). The third-order valence-corrected chi connectivity index (χ3v) is 5.19. The molecule has 7 N–H and O–H groups in total. The van der Waals surface area contributed by atoms with Crippen molar-refractivity contribution in [1.29, 1.82) is 0 Å². The van der Waals surface area contributed by atoms with E-state index in [1.807, 2.05) is 0 Å². The van der Waals surface area contributed by atoms with E-state index in [0.29, 0.717) is 0 Å². The molecule has 0 saturated heterocycles. The summed E-state index contributed by atoms with van der Waals surface area (Å²) in [5.41, 5.74) is 4.85. The summed E-state index contributed by atoms with van der Waals surface area (Å²) in [6.45, 7) is 0. The number of nitrogen functional groups attached to an aromatic ring is 1. The van der Waals surface area contributed by atoms with Gasteiger partial charge in [-0.15, -0.1) is 0 Å². The lowest BCUT2D eigenvalue weighted by atomic mass is 10.0. The van der Waals surface area contributed by atoms with E-state index in [0.717, 1.165) is 18.2 Å². The number of benzene rings is 2. The summed E-state index contributed by atoms with van der Waals surface area (Å²) in [6, 6.07) is -0.192. The maximum absolute atomic E-state index is 13.5. The van der Waals surface area contributed by atoms with Crippen LogP contribution < -0.4 is 11.1 Å². The van der Waals surface area contributed by atoms with Gasteiger partial charge in [0, 0.05) is 10.0 Å². The van der Waals surface area contributed by atoms with E-state index < -0.39 is 23.6 Å². The Kier molecular flexibility index (Phi) is 6.17. The largest absolute Gasteiger partial charge is 0.396 e. The SMILES string of the molecule is Nc1c(NC(O)(O)C(O)(O)F)cc(Br)c(C(=O)c2cc(F)ccc2Cl)c1Br. The lowest BCUT2D eigenvalue weighted by Gasteiger charge is -2.30. The molecule has 0 unspecified atom stereocenters. The molecule has 0 amide bonds. The van der Waals surface area contributed by atoms with Gasteiger partial charge in [0.15, 0.2) is 5.78 Å². The Bertz CT molecular complexity index is 922. The Morgan fingerprint density at radius 1 is 1.19 bits per heavy atom. The van der Waals surface area contributed by atoms with Crippen LogP contribution in [0, 0.1) is 5.82 Å². The first kappa shape index (κ1) is 22.0. The molecular formula is C15H11Br2ClF2N2O5. The zero-order valence-electron chi connectivity index (χ0n) is 13.0. The topological polar surface area (TPSA) is 136 Å². The molecule has 0 radical (unpaired) electrons. The Balaban J connectivity index is 2.55. The lowest BCUT2D eigenvalue weighted by Crippen LogP contribution is -2.57. The number of nitrogens with two attached hydrogens (primary N) is 1. The molecule has 0 aliphatic carbocycles. The van der Waals surface area contributed by atoms with Gasteiger partial charge in [-0.05, 0) is 56.1 Å². The smallest absolute Gasteiger partial charge is 0.392 e. The van der Waals surface area contributed by atoms with Crippen molar-refractivity contribution in [2.45, 2.75) is 12.0 Å². The third-order valence-electron chi connectivity index (χ3n) is 3.41. The molecule has 27 heavy (non-hydrogen) atoms. The monoisotopic (exact) mass is 530 g/mol. The van der Waals surface area contributed by atoms with E-state index in [-0.39, 0.29) is 36.5 Å². The first-order valence-electron chi connectivity index (χ1n) is 6.90. The number of hydrogen-bond acceptors (Lipinski definition) is 7. The number of aliphatic hydroxyl groups is 4. The van der Waals surface area contributed by atoms with E-state index in [1.54, 1.807) is 5.32 Å². The van der Waals surface area contributed by atoms with Crippen LogP contribution in [0.4, 0.5) is 20.2 Å². The first-order valence-corrected chi connectivity index (χ1v) is 8.86. The van der Waals surface area contributed by atoms with Gasteiger partial charge < -0.3 is 31.5 Å². The number of anilines is 2. The summed E-state index contributed by atoms with van der Waals surface area (Å²) < 4.78 is 26.5. The van der Waals surface area contributed by atoms with Crippen molar-refractivity contribution in [2.75, 3.05) is 11.1 Å². The van der Waals surface area contributed by atoms with E-state index in [4.69, 9.17) is 27.5 Å². The average molecular weight is 533 g/mol. The molecular weight excluding hydrogens is 521 g/mol. The highest BCUT2D eigenvalue weighted by Gasteiger charge is 2.49. The number of alkyl halides is 1. The second-order valence-electron chi connectivity index (χ2n) is 5.35. The fraction of sp³-hybridized carbons (Fsp3) is 0.133. The minimum Gasteiger partial charge on any atom is -0.396 e. The van der Waals surface area contributed by atoms with Gasteiger partial charge >= 0.3 is 12.0 Å². The van der Waals surface area contributed by atoms with Crippen LogP contribution in [-0.2, 0) is 0 Å². The Hall–Kier alpha value is -1.34. The van der Waals surface area contributed by atoms with Crippen molar-refractivity contribution >= 4 is 60.6 Å². The molecule has 0 bridgehead atoms. The molecule has 0 aliphatic rings. The van der Waals surface area contributed by atoms with Crippen LogP contribution in [0.25, 0.3) is 0 Å². The van der Waals surface area contributed by atoms with Gasteiger partial charge in [-0.2, -0.15) is 4.39 Å². The number of nitrogens with one attached hydrogen (secondary N) is 1. The Labute approximate surface area is 172 Å². The number of hydrogen-bond donors (Lipinski definition) is 6. The second-order valence-corrected chi connectivity index (χ2v) is 7.40. The summed E-state index contributed by atoms with van der Waals surface area (Å²) in [6.07, 6.45) is 0. The summed E-state index contributed by atoms with van der Waals surface area (Å²) in [4.78, 5) is 12.7. The molecule has 0 heterocycles. The Morgan fingerprint density at radius 2 is 1.78 bits per heavy atom. The summed E-state index contributed by atoms with van der Waals surface area (Å²) in [5.74, 6) is -5.24. The second kappa shape index (κ2) is 7.59. The van der Waals surface area contributed by atoms with Crippen molar-refractivity contribution in [3.05, 3.63) is 55.2 Å². The number of halogens is 5. The summed E-state index contributed by atoms with van der Waals surface area (Å²) >= 11 is 12.0. The van der Waals surface area contributed by atoms with E-state index in [1.165, 1.54) is 6.07 Å². The van der Waals surface area contributed by atoms with Crippen molar-refractivity contribution < 1.29 is 34.0 Å². The highest BCUT2D eigenvalue weighted by molar-refractivity contribution is 9.11. The van der Waals surface area contributed by atoms with Crippen molar-refractivity contribution in [2.24, 2.45) is 0 Å². The molecule has 12 heteroatoms. The highest BCUT2D eigenvalue weighted by Crippen LogP contribution is 2.40. The van der Waals surface area contributed by atoms with Crippen LogP contribution in [0.15, 0.2) is 33.2 Å². The number of rotatable bonds is 5. The summed E-state index contributed by atoms with van der Waals surface area (Å²) in [7, 11) is 0. The molecule has 146 valence electrons. The maximum Gasteiger partial charge on any atom is 0.392 e. The number of carbonyl (C=O) groups is 1. The van der Waals surface area contributed by atoms with Crippen molar-refractivity contribution in [1.82, 2.24) is 0 Å². The fourth-order valence-corrected chi connectivity index (χ4v) is 3.70. The predicted molar refractivity (Wildman–Crippen MR) is 100 cm³/mol. The number of ketones is 1. The molecule has 0 aliphatic heterocycles. The average Bonchev–Trinajstić information content (AvgIpc) is 2.53. The van der Waals surface area contributed by atoms with Crippen LogP contribution in [0.3, 0.4) is 0 Å². The first-order chi connectivity index (χ1) is 12.3. The van der Waals surface area contributed by atoms with Gasteiger partial charge in [0.2, 0.25) is 0 Å². The van der Waals surface area contributed by atoms with E-state index in [9.17, 15) is 23.8 Å². The molecule has 0 saturated carbocycles. The summed E-state index contributed by atoms with van der Waals surface area (Å²) in [5, 5.41) is 37.9. The van der Waals surface area contributed by atoms with Gasteiger partial charge in [-0.1, -0.05) is 11.6 Å². The normalized spacial score (nSPS) is 12.2. The molecule has 0 atom stereocenters. The molecule has 0 spiro atoms. The van der Waals surface area contributed by atoms with Gasteiger partial charge in [-0.3, -0.25) is 4.79 Å². The van der Waals surface area contributed by atoms with Crippen LogP contribution in [0.5, 0.6) is 0 Å². The van der Waals surface area contributed by atoms with Gasteiger partial charge in [0.25, 0.3) is 0 Å². The molecule has 0 fully saturated rings. The van der Waals surface area contributed by atoms with Crippen LogP contribution in [0.2, 0.25) is 5.02 Å². The van der Waals surface area contributed by atoms with Crippen molar-refractivity contribution in [3.63, 3.8) is 0 Å². The standard InChI is InChI=1S/C15H11Br2ClF2N2O5/c16-7-4-9(22-15(26,27)14(20,24)25)12(21)11(17)10(7)13(23)6-3-5(19)1-2-8(6)18/h1-4,22,24-27H,21H2. The van der Waals surface area contributed by atoms with Crippen LogP contribution in [-0.4, -0.2) is 38.2 Å². The maximum atomic E-state index is 13.5. The zero-order valence-corrected chi connectivity index (χ0v) is 16.9. The van der Waals surface area contributed by atoms with Crippen LogP contribution >= 0.6 is 43.5 Å². The van der Waals surface area contributed by atoms with E-state index in [2.05, 4.69) is 31.9 Å². The quantitative estimate of drug-likeness (QED) is 0.198. The third kappa shape index (κ3) is 4.40. The van der Waals surface area contributed by atoms with E-state index >= 15 is 0 Å². The molecule has 2 aromatic carbocycles. The molecule has 7 nitrogen and oxygen atoms in total. The number of carbonyl (C=O) groups excluding carboxylic acids is 1. The minimum absolute atomic E-state index is 0.0199. The highest BCUT2D eigenvalue weighted by atomic mass is 79.9. The fourth-order valence-electron chi connectivity index (χ4n) is 2.02. The van der Waals surface area contributed by atoms with Gasteiger partial charge in [-0.25, -0.2) is 4.39 Å². The van der Waals surface area contributed by atoms with Crippen molar-refractivity contribution in [3.8, 4) is 0 Å². The minimum atomic E-state index is -4.43. The molecule has 2 aromatic rings. The zero-order chi connectivity index (χ0) is 20.7.